The zero-order valence-corrected chi connectivity index (χ0v) is 12.0. The van der Waals surface area contributed by atoms with Crippen molar-refractivity contribution in [3.8, 4) is 6.07 Å². The van der Waals surface area contributed by atoms with Crippen LogP contribution in [0.1, 0.15) is 5.56 Å². The van der Waals surface area contributed by atoms with Crippen molar-refractivity contribution in [2.75, 3.05) is 5.32 Å². The SMILES string of the molecule is N#CC(=Cc1cccnc1)C(=O)Nc1cccc(Br)c1. The lowest BCUT2D eigenvalue weighted by Crippen LogP contribution is -2.13. The highest BCUT2D eigenvalue weighted by Crippen LogP contribution is 2.16. The van der Waals surface area contributed by atoms with Crippen molar-refractivity contribution >= 4 is 33.6 Å². The Bertz CT molecular complexity index is 690. The molecule has 1 amide bonds. The van der Waals surface area contributed by atoms with Crippen molar-refractivity contribution in [3.05, 3.63) is 64.4 Å². The van der Waals surface area contributed by atoms with Crippen molar-refractivity contribution in [3.63, 3.8) is 0 Å². The van der Waals surface area contributed by atoms with Crippen LogP contribution in [0.15, 0.2) is 58.8 Å². The average Bonchev–Trinajstić information content (AvgIpc) is 2.45. The summed E-state index contributed by atoms with van der Waals surface area (Å²) >= 11 is 3.32. The van der Waals surface area contributed by atoms with Crippen molar-refractivity contribution < 1.29 is 4.79 Å². The molecule has 0 atom stereocenters. The summed E-state index contributed by atoms with van der Waals surface area (Å²) in [7, 11) is 0. The molecule has 0 saturated carbocycles. The second kappa shape index (κ2) is 6.64. The molecule has 1 aromatic carbocycles. The lowest BCUT2D eigenvalue weighted by atomic mass is 10.1. The number of amides is 1. The molecule has 0 aliphatic rings. The Morgan fingerprint density at radius 1 is 1.35 bits per heavy atom. The molecule has 20 heavy (non-hydrogen) atoms. The van der Waals surface area contributed by atoms with E-state index in [0.29, 0.717) is 11.3 Å². The van der Waals surface area contributed by atoms with E-state index in [0.717, 1.165) is 4.47 Å². The summed E-state index contributed by atoms with van der Waals surface area (Å²) in [5, 5.41) is 11.8. The van der Waals surface area contributed by atoms with Crippen molar-refractivity contribution in [2.45, 2.75) is 0 Å². The predicted octanol–water partition coefficient (Wildman–Crippen LogP) is 3.39. The smallest absolute Gasteiger partial charge is 0.266 e. The first-order valence-corrected chi connectivity index (χ1v) is 6.57. The molecule has 2 aromatic rings. The number of hydrogen-bond acceptors (Lipinski definition) is 3. The fraction of sp³-hybridized carbons (Fsp3) is 0. The summed E-state index contributed by atoms with van der Waals surface area (Å²) in [5.41, 5.74) is 1.35. The van der Waals surface area contributed by atoms with E-state index in [1.54, 1.807) is 42.7 Å². The summed E-state index contributed by atoms with van der Waals surface area (Å²) < 4.78 is 0.852. The lowest BCUT2D eigenvalue weighted by Gasteiger charge is -2.04. The number of hydrogen-bond donors (Lipinski definition) is 1. The van der Waals surface area contributed by atoms with E-state index < -0.39 is 5.91 Å². The van der Waals surface area contributed by atoms with Gasteiger partial charge < -0.3 is 5.32 Å². The number of nitrogens with zero attached hydrogens (tertiary/aromatic N) is 2. The van der Waals surface area contributed by atoms with Crippen LogP contribution >= 0.6 is 15.9 Å². The van der Waals surface area contributed by atoms with Gasteiger partial charge in [0.15, 0.2) is 0 Å². The van der Waals surface area contributed by atoms with Gasteiger partial charge in [-0.25, -0.2) is 0 Å². The fourth-order valence-corrected chi connectivity index (χ4v) is 1.94. The van der Waals surface area contributed by atoms with E-state index in [4.69, 9.17) is 5.26 Å². The van der Waals surface area contributed by atoms with Gasteiger partial charge in [0.05, 0.1) is 0 Å². The minimum absolute atomic E-state index is 0.0259. The third kappa shape index (κ3) is 3.77. The number of halogens is 1. The van der Waals surface area contributed by atoms with Crippen LogP contribution in [0.25, 0.3) is 6.08 Å². The minimum Gasteiger partial charge on any atom is -0.321 e. The number of aromatic nitrogens is 1. The van der Waals surface area contributed by atoms with Crippen molar-refractivity contribution in [1.82, 2.24) is 4.98 Å². The van der Waals surface area contributed by atoms with Gasteiger partial charge in [-0.1, -0.05) is 28.1 Å². The van der Waals surface area contributed by atoms with Gasteiger partial charge in [-0.2, -0.15) is 5.26 Å². The molecule has 0 fully saturated rings. The third-order valence-electron chi connectivity index (χ3n) is 2.44. The van der Waals surface area contributed by atoms with Crippen LogP contribution in [-0.2, 0) is 4.79 Å². The van der Waals surface area contributed by atoms with Gasteiger partial charge in [0, 0.05) is 22.6 Å². The molecule has 5 heteroatoms. The monoisotopic (exact) mass is 327 g/mol. The number of carbonyl (C=O) groups excluding carboxylic acids is 1. The van der Waals surface area contributed by atoms with Crippen molar-refractivity contribution in [1.29, 1.82) is 5.26 Å². The second-order valence-electron chi connectivity index (χ2n) is 3.92. The van der Waals surface area contributed by atoms with Gasteiger partial charge in [0.25, 0.3) is 5.91 Å². The summed E-state index contributed by atoms with van der Waals surface area (Å²) in [6.07, 6.45) is 4.72. The van der Waals surface area contributed by atoms with Crippen LogP contribution in [0.4, 0.5) is 5.69 Å². The number of rotatable bonds is 3. The summed E-state index contributed by atoms with van der Waals surface area (Å²) in [4.78, 5) is 16.0. The molecule has 98 valence electrons. The Kier molecular flexibility index (Phi) is 4.64. The van der Waals surface area contributed by atoms with Gasteiger partial charge in [0.1, 0.15) is 11.6 Å². The van der Waals surface area contributed by atoms with Gasteiger partial charge in [-0.15, -0.1) is 0 Å². The third-order valence-corrected chi connectivity index (χ3v) is 2.94. The number of anilines is 1. The van der Waals surface area contributed by atoms with Crippen LogP contribution in [0, 0.1) is 11.3 Å². The molecule has 0 saturated heterocycles. The highest BCUT2D eigenvalue weighted by Gasteiger charge is 2.09. The van der Waals surface area contributed by atoms with Crippen LogP contribution in [0.3, 0.4) is 0 Å². The summed E-state index contributed by atoms with van der Waals surface area (Å²) in [6.45, 7) is 0. The molecule has 0 radical (unpaired) electrons. The number of carbonyl (C=O) groups is 1. The van der Waals surface area contributed by atoms with Crippen molar-refractivity contribution in [2.24, 2.45) is 0 Å². The normalized spacial score (nSPS) is 10.7. The molecule has 1 aromatic heterocycles. The molecule has 0 aliphatic heterocycles. The van der Waals surface area contributed by atoms with E-state index in [1.807, 2.05) is 12.1 Å². The van der Waals surface area contributed by atoms with Crippen LogP contribution < -0.4 is 5.32 Å². The Balaban J connectivity index is 2.19. The first-order chi connectivity index (χ1) is 9.69. The lowest BCUT2D eigenvalue weighted by molar-refractivity contribution is -0.112. The minimum atomic E-state index is -0.450. The maximum atomic E-state index is 12.0. The topological polar surface area (TPSA) is 65.8 Å². The standard InChI is InChI=1S/C15H10BrN3O/c16-13-4-1-5-14(8-13)19-15(20)12(9-17)7-11-3-2-6-18-10-11/h1-8,10H,(H,19,20). The highest BCUT2D eigenvalue weighted by atomic mass is 79.9. The summed E-state index contributed by atoms with van der Waals surface area (Å²) in [6, 6.07) is 12.6. The maximum Gasteiger partial charge on any atom is 0.266 e. The largest absolute Gasteiger partial charge is 0.321 e. The molecular weight excluding hydrogens is 318 g/mol. The van der Waals surface area contributed by atoms with E-state index in [-0.39, 0.29) is 5.57 Å². The number of pyridine rings is 1. The fourth-order valence-electron chi connectivity index (χ4n) is 1.54. The molecule has 4 nitrogen and oxygen atoms in total. The van der Waals surface area contributed by atoms with Crippen LogP contribution in [0.2, 0.25) is 0 Å². The van der Waals surface area contributed by atoms with Gasteiger partial charge in [-0.3, -0.25) is 9.78 Å². The predicted molar refractivity (Wildman–Crippen MR) is 80.6 cm³/mol. The van der Waals surface area contributed by atoms with Crippen LogP contribution in [0.5, 0.6) is 0 Å². The average molecular weight is 328 g/mol. The Labute approximate surface area is 124 Å². The van der Waals surface area contributed by atoms with Gasteiger partial charge in [0.2, 0.25) is 0 Å². The summed E-state index contributed by atoms with van der Waals surface area (Å²) in [5.74, 6) is -0.450. The Hall–Kier alpha value is -2.45. The number of nitriles is 1. The zero-order valence-electron chi connectivity index (χ0n) is 10.4. The number of nitrogens with one attached hydrogen (secondary N) is 1. The van der Waals surface area contributed by atoms with Gasteiger partial charge in [-0.05, 0) is 35.9 Å². The molecule has 0 spiro atoms. The zero-order chi connectivity index (χ0) is 14.4. The molecular formula is C15H10BrN3O. The molecule has 0 aliphatic carbocycles. The quantitative estimate of drug-likeness (QED) is 0.694. The Morgan fingerprint density at radius 3 is 2.85 bits per heavy atom. The molecule has 0 unspecified atom stereocenters. The van der Waals surface area contributed by atoms with E-state index in [2.05, 4.69) is 26.2 Å². The molecule has 0 bridgehead atoms. The van der Waals surface area contributed by atoms with E-state index >= 15 is 0 Å². The maximum absolute atomic E-state index is 12.0. The Morgan fingerprint density at radius 2 is 2.20 bits per heavy atom. The van der Waals surface area contributed by atoms with E-state index in [9.17, 15) is 4.79 Å². The van der Waals surface area contributed by atoms with Crippen LogP contribution in [-0.4, -0.2) is 10.9 Å². The molecule has 1 heterocycles. The van der Waals surface area contributed by atoms with Gasteiger partial charge >= 0.3 is 0 Å². The molecule has 1 N–H and O–H groups in total. The second-order valence-corrected chi connectivity index (χ2v) is 4.84. The van der Waals surface area contributed by atoms with E-state index in [1.165, 1.54) is 6.08 Å². The first kappa shape index (κ1) is 14.0. The number of benzene rings is 1. The first-order valence-electron chi connectivity index (χ1n) is 5.78. The molecule has 2 rings (SSSR count). The highest BCUT2D eigenvalue weighted by molar-refractivity contribution is 9.10.